The van der Waals surface area contributed by atoms with E-state index in [1.54, 1.807) is 0 Å². The molecule has 80 valence electrons. The van der Waals surface area contributed by atoms with Crippen LogP contribution in [0.2, 0.25) is 0 Å². The molecule has 0 saturated heterocycles. The van der Waals surface area contributed by atoms with Gasteiger partial charge in [-0.2, -0.15) is 0 Å². The van der Waals surface area contributed by atoms with Gasteiger partial charge in [-0.1, -0.05) is 0 Å². The zero-order valence-electron chi connectivity index (χ0n) is 9.15. The number of nitrogens with zero attached hydrogens (tertiary/aromatic N) is 1. The van der Waals surface area contributed by atoms with Gasteiger partial charge < -0.3 is 8.98 Å². The number of aromatic nitrogens is 1. The van der Waals surface area contributed by atoms with Gasteiger partial charge in [-0.05, 0) is 24.6 Å². The molecule has 3 rings (SSSR count). The third kappa shape index (κ3) is 1.18. The molecule has 0 amide bonds. The molecule has 0 aliphatic heterocycles. The fourth-order valence-corrected chi connectivity index (χ4v) is 2.08. The van der Waals surface area contributed by atoms with Crippen molar-refractivity contribution in [3.8, 4) is 0 Å². The molecular weight excluding hydrogens is 202 g/mol. The van der Waals surface area contributed by atoms with Crippen molar-refractivity contribution in [3.63, 3.8) is 0 Å². The lowest BCUT2D eigenvalue weighted by Gasteiger charge is -2.02. The summed E-state index contributed by atoms with van der Waals surface area (Å²) in [6.07, 6.45) is 2.00. The Bertz CT molecular complexity index is 750. The van der Waals surface area contributed by atoms with Crippen molar-refractivity contribution >= 4 is 21.9 Å². The summed E-state index contributed by atoms with van der Waals surface area (Å²) in [7, 11) is 1.97. The summed E-state index contributed by atoms with van der Waals surface area (Å²) in [5.74, 6) is 0. The summed E-state index contributed by atoms with van der Waals surface area (Å²) in [6, 6.07) is 7.55. The van der Waals surface area contributed by atoms with Crippen molar-refractivity contribution in [3.05, 3.63) is 46.4 Å². The van der Waals surface area contributed by atoms with Crippen molar-refractivity contribution in [1.82, 2.24) is 4.57 Å². The summed E-state index contributed by atoms with van der Waals surface area (Å²) in [5, 5.41) is 2.16. The lowest BCUT2D eigenvalue weighted by molar-refractivity contribution is 0.560. The standard InChI is InChI=1S/C13H11NO2/c1-8-5-13(15)16-12-7-11-9(6-10(8)12)3-4-14(11)2/h3-7H,1-2H3. The minimum atomic E-state index is -0.293. The van der Waals surface area contributed by atoms with Gasteiger partial charge in [0.05, 0.1) is 5.52 Å². The molecule has 0 bridgehead atoms. The maximum Gasteiger partial charge on any atom is 0.336 e. The molecule has 0 N–H and O–H groups in total. The van der Waals surface area contributed by atoms with Crippen molar-refractivity contribution in [2.45, 2.75) is 6.92 Å². The van der Waals surface area contributed by atoms with E-state index in [0.29, 0.717) is 5.58 Å². The van der Waals surface area contributed by atoms with E-state index in [-0.39, 0.29) is 5.63 Å². The van der Waals surface area contributed by atoms with Crippen molar-refractivity contribution in [2.24, 2.45) is 7.05 Å². The minimum absolute atomic E-state index is 0.293. The topological polar surface area (TPSA) is 35.1 Å². The third-order valence-corrected chi connectivity index (χ3v) is 2.96. The Kier molecular flexibility index (Phi) is 1.72. The van der Waals surface area contributed by atoms with Crippen LogP contribution in [-0.2, 0) is 7.05 Å². The molecule has 3 heteroatoms. The van der Waals surface area contributed by atoms with E-state index in [9.17, 15) is 4.79 Å². The molecule has 2 heterocycles. The molecule has 1 aromatic carbocycles. The molecule has 0 fully saturated rings. The number of fused-ring (bicyclic) bond motifs is 2. The largest absolute Gasteiger partial charge is 0.423 e. The highest BCUT2D eigenvalue weighted by molar-refractivity contribution is 5.95. The van der Waals surface area contributed by atoms with E-state index in [0.717, 1.165) is 21.9 Å². The second-order valence-electron chi connectivity index (χ2n) is 4.08. The van der Waals surface area contributed by atoms with Crippen LogP contribution in [0.3, 0.4) is 0 Å². The third-order valence-electron chi connectivity index (χ3n) is 2.96. The first-order valence-corrected chi connectivity index (χ1v) is 5.15. The van der Waals surface area contributed by atoms with Gasteiger partial charge in [0.25, 0.3) is 0 Å². The normalized spacial score (nSPS) is 11.4. The highest BCUT2D eigenvalue weighted by atomic mass is 16.4. The van der Waals surface area contributed by atoms with Gasteiger partial charge in [-0.15, -0.1) is 0 Å². The van der Waals surface area contributed by atoms with Crippen LogP contribution in [0.15, 0.2) is 39.7 Å². The Balaban J connectivity index is 2.58. The predicted octanol–water partition coefficient (Wildman–Crippen LogP) is 2.59. The Morgan fingerprint density at radius 1 is 1.25 bits per heavy atom. The fraction of sp³-hybridized carbons (Fsp3) is 0.154. The predicted molar refractivity (Wildman–Crippen MR) is 63.7 cm³/mol. The summed E-state index contributed by atoms with van der Waals surface area (Å²) < 4.78 is 7.22. The second-order valence-corrected chi connectivity index (χ2v) is 4.08. The van der Waals surface area contributed by atoms with E-state index < -0.39 is 0 Å². The first kappa shape index (κ1) is 9.21. The molecule has 2 aromatic heterocycles. The smallest absolute Gasteiger partial charge is 0.336 e. The molecule has 0 saturated carbocycles. The van der Waals surface area contributed by atoms with Gasteiger partial charge in [0, 0.05) is 36.1 Å². The highest BCUT2D eigenvalue weighted by Gasteiger charge is 2.05. The minimum Gasteiger partial charge on any atom is -0.423 e. The molecule has 16 heavy (non-hydrogen) atoms. The fourth-order valence-electron chi connectivity index (χ4n) is 2.08. The summed E-state index contributed by atoms with van der Waals surface area (Å²) in [5.41, 5.74) is 2.39. The van der Waals surface area contributed by atoms with Gasteiger partial charge in [-0.3, -0.25) is 0 Å². The van der Waals surface area contributed by atoms with E-state index in [1.807, 2.05) is 30.8 Å². The molecule has 0 atom stereocenters. The van der Waals surface area contributed by atoms with Crippen molar-refractivity contribution < 1.29 is 4.42 Å². The van der Waals surface area contributed by atoms with E-state index in [2.05, 4.69) is 12.1 Å². The molecule has 0 radical (unpaired) electrons. The summed E-state index contributed by atoms with van der Waals surface area (Å²) in [6.45, 7) is 1.92. The molecule has 0 spiro atoms. The van der Waals surface area contributed by atoms with E-state index in [1.165, 1.54) is 6.07 Å². The maximum absolute atomic E-state index is 11.3. The number of hydrogen-bond acceptors (Lipinski definition) is 2. The lowest BCUT2D eigenvalue weighted by Crippen LogP contribution is -1.97. The number of aryl methyl sites for hydroxylation is 2. The van der Waals surface area contributed by atoms with Gasteiger partial charge >= 0.3 is 5.63 Å². The zero-order valence-corrected chi connectivity index (χ0v) is 9.15. The summed E-state index contributed by atoms with van der Waals surface area (Å²) in [4.78, 5) is 11.3. The number of rotatable bonds is 0. The monoisotopic (exact) mass is 213 g/mol. The molecule has 0 aliphatic rings. The van der Waals surface area contributed by atoms with Gasteiger partial charge in [0.2, 0.25) is 0 Å². The van der Waals surface area contributed by atoms with Crippen LogP contribution in [0.1, 0.15) is 5.56 Å². The zero-order chi connectivity index (χ0) is 11.3. The average Bonchev–Trinajstić information content (AvgIpc) is 2.58. The quantitative estimate of drug-likeness (QED) is 0.538. The van der Waals surface area contributed by atoms with Crippen molar-refractivity contribution in [2.75, 3.05) is 0 Å². The summed E-state index contributed by atoms with van der Waals surface area (Å²) >= 11 is 0. The van der Waals surface area contributed by atoms with Crippen LogP contribution < -0.4 is 5.63 Å². The number of benzene rings is 1. The SMILES string of the molecule is Cc1cc(=O)oc2cc3c(ccn3C)cc12. The van der Waals surface area contributed by atoms with Crippen LogP contribution in [0.4, 0.5) is 0 Å². The molecule has 3 nitrogen and oxygen atoms in total. The Labute approximate surface area is 91.9 Å². The first-order chi connectivity index (χ1) is 7.65. The van der Waals surface area contributed by atoms with Crippen LogP contribution in [0, 0.1) is 6.92 Å². The number of hydrogen-bond donors (Lipinski definition) is 0. The second kappa shape index (κ2) is 2.98. The lowest BCUT2D eigenvalue weighted by atomic mass is 10.1. The maximum atomic E-state index is 11.3. The van der Waals surface area contributed by atoms with E-state index >= 15 is 0 Å². The van der Waals surface area contributed by atoms with E-state index in [4.69, 9.17) is 4.42 Å². The molecular formula is C13H11NO2. The van der Waals surface area contributed by atoms with Crippen molar-refractivity contribution in [1.29, 1.82) is 0 Å². The molecule has 0 aliphatic carbocycles. The molecule has 3 aromatic rings. The molecule has 0 unspecified atom stereocenters. The Morgan fingerprint density at radius 2 is 2.06 bits per heavy atom. The van der Waals surface area contributed by atoms with Crippen LogP contribution in [0.25, 0.3) is 21.9 Å². The average molecular weight is 213 g/mol. The van der Waals surface area contributed by atoms with Crippen LogP contribution in [-0.4, -0.2) is 4.57 Å². The Hall–Kier alpha value is -2.03. The Morgan fingerprint density at radius 3 is 2.88 bits per heavy atom. The van der Waals surface area contributed by atoms with Gasteiger partial charge in [0.15, 0.2) is 0 Å². The van der Waals surface area contributed by atoms with Gasteiger partial charge in [0.1, 0.15) is 5.58 Å². The highest BCUT2D eigenvalue weighted by Crippen LogP contribution is 2.24. The van der Waals surface area contributed by atoms with Gasteiger partial charge in [-0.25, -0.2) is 4.79 Å². The first-order valence-electron chi connectivity index (χ1n) is 5.15. The van der Waals surface area contributed by atoms with Crippen LogP contribution in [0.5, 0.6) is 0 Å². The van der Waals surface area contributed by atoms with Crippen LogP contribution >= 0.6 is 0 Å².